The molecule has 2 aromatic carbocycles. The molecule has 0 bridgehead atoms. The molecule has 0 aromatic heterocycles. The minimum atomic E-state index is -0.387. The van der Waals surface area contributed by atoms with E-state index in [-0.39, 0.29) is 11.9 Å². The molecule has 0 saturated heterocycles. The van der Waals surface area contributed by atoms with Gasteiger partial charge in [0.15, 0.2) is 0 Å². The van der Waals surface area contributed by atoms with Gasteiger partial charge in [-0.1, -0.05) is 22.0 Å². The lowest BCUT2D eigenvalue weighted by molar-refractivity contribution is -0.115. The summed E-state index contributed by atoms with van der Waals surface area (Å²) >= 11 is 3.40. The molecule has 0 aliphatic rings. The van der Waals surface area contributed by atoms with Gasteiger partial charge in [-0.2, -0.15) is 0 Å². The average Bonchev–Trinajstić information content (AvgIpc) is 2.57. The smallest absolute Gasteiger partial charge is 0.337 e. The Morgan fingerprint density at radius 1 is 1.17 bits per heavy atom. The van der Waals surface area contributed by atoms with Crippen molar-refractivity contribution in [3.8, 4) is 0 Å². The molecule has 1 amide bonds. The SMILES string of the molecule is COC(=O)c1cccc(NCCC(=O)Nc2ccc(Br)cc2C)c1. The van der Waals surface area contributed by atoms with Gasteiger partial charge in [0.05, 0.1) is 12.7 Å². The standard InChI is InChI=1S/C18H19BrN2O3/c1-12-10-14(19)6-7-16(12)21-17(22)8-9-20-15-5-3-4-13(11-15)18(23)24-2/h3-7,10-11,20H,8-9H2,1-2H3,(H,21,22). The van der Waals surface area contributed by atoms with Crippen molar-refractivity contribution in [2.75, 3.05) is 24.3 Å². The first-order chi connectivity index (χ1) is 11.5. The molecule has 6 heteroatoms. The maximum absolute atomic E-state index is 12.0. The number of benzene rings is 2. The third-order valence-electron chi connectivity index (χ3n) is 3.43. The molecule has 0 aliphatic carbocycles. The number of carbonyl (C=O) groups excluding carboxylic acids is 2. The van der Waals surface area contributed by atoms with Crippen LogP contribution < -0.4 is 10.6 Å². The van der Waals surface area contributed by atoms with Crippen molar-refractivity contribution in [3.05, 3.63) is 58.1 Å². The van der Waals surface area contributed by atoms with E-state index in [1.54, 1.807) is 18.2 Å². The minimum absolute atomic E-state index is 0.0722. The molecule has 0 spiro atoms. The van der Waals surface area contributed by atoms with Gasteiger partial charge in [-0.3, -0.25) is 4.79 Å². The predicted molar refractivity (Wildman–Crippen MR) is 98.4 cm³/mol. The van der Waals surface area contributed by atoms with Crippen LogP contribution in [0.2, 0.25) is 0 Å². The first kappa shape index (κ1) is 18.0. The van der Waals surface area contributed by atoms with E-state index < -0.39 is 0 Å². The largest absolute Gasteiger partial charge is 0.465 e. The first-order valence-electron chi connectivity index (χ1n) is 7.48. The maximum atomic E-state index is 12.0. The lowest BCUT2D eigenvalue weighted by Gasteiger charge is -2.10. The fourth-order valence-corrected chi connectivity index (χ4v) is 2.65. The summed E-state index contributed by atoms with van der Waals surface area (Å²) in [6.07, 6.45) is 0.317. The van der Waals surface area contributed by atoms with Crippen molar-refractivity contribution < 1.29 is 14.3 Å². The third kappa shape index (κ3) is 5.09. The van der Waals surface area contributed by atoms with E-state index in [1.165, 1.54) is 7.11 Å². The van der Waals surface area contributed by atoms with Gasteiger partial charge >= 0.3 is 5.97 Å². The second-order valence-corrected chi connectivity index (χ2v) is 6.17. The molecule has 2 N–H and O–H groups in total. The Morgan fingerprint density at radius 2 is 1.96 bits per heavy atom. The number of halogens is 1. The summed E-state index contributed by atoms with van der Waals surface area (Å²) in [5.41, 5.74) is 3.04. The summed E-state index contributed by atoms with van der Waals surface area (Å²) in [5.74, 6) is -0.459. The highest BCUT2D eigenvalue weighted by atomic mass is 79.9. The van der Waals surface area contributed by atoms with Crippen LogP contribution in [-0.2, 0) is 9.53 Å². The quantitative estimate of drug-likeness (QED) is 0.731. The normalized spacial score (nSPS) is 10.1. The Bertz CT molecular complexity index is 747. The molecule has 5 nitrogen and oxygen atoms in total. The van der Waals surface area contributed by atoms with Crippen LogP contribution in [-0.4, -0.2) is 25.5 Å². The van der Waals surface area contributed by atoms with Gasteiger partial charge in [0.25, 0.3) is 0 Å². The number of rotatable bonds is 6. The molecule has 0 fully saturated rings. The fourth-order valence-electron chi connectivity index (χ4n) is 2.17. The zero-order valence-electron chi connectivity index (χ0n) is 13.6. The summed E-state index contributed by atoms with van der Waals surface area (Å²) in [6, 6.07) is 12.7. The zero-order valence-corrected chi connectivity index (χ0v) is 15.1. The summed E-state index contributed by atoms with van der Waals surface area (Å²) in [7, 11) is 1.34. The van der Waals surface area contributed by atoms with Crippen molar-refractivity contribution >= 4 is 39.2 Å². The number of ether oxygens (including phenoxy) is 1. The highest BCUT2D eigenvalue weighted by Gasteiger charge is 2.07. The summed E-state index contributed by atoms with van der Waals surface area (Å²) in [5, 5.41) is 6.02. The molecule has 0 saturated carbocycles. The van der Waals surface area contributed by atoms with Gasteiger partial charge in [0.1, 0.15) is 0 Å². The van der Waals surface area contributed by atoms with Gasteiger partial charge in [-0.15, -0.1) is 0 Å². The Morgan fingerprint density at radius 3 is 2.67 bits per heavy atom. The van der Waals surface area contributed by atoms with Crippen molar-refractivity contribution in [3.63, 3.8) is 0 Å². The Kier molecular flexibility index (Phi) is 6.37. The molecule has 126 valence electrons. The van der Waals surface area contributed by atoms with Crippen LogP contribution in [0.1, 0.15) is 22.3 Å². The highest BCUT2D eigenvalue weighted by molar-refractivity contribution is 9.10. The van der Waals surface area contributed by atoms with E-state index in [4.69, 9.17) is 0 Å². The molecule has 2 aromatic rings. The van der Waals surface area contributed by atoms with E-state index in [2.05, 4.69) is 31.3 Å². The van der Waals surface area contributed by atoms with Crippen LogP contribution in [0.15, 0.2) is 46.9 Å². The topological polar surface area (TPSA) is 67.4 Å². The molecule has 0 atom stereocenters. The van der Waals surface area contributed by atoms with Crippen LogP contribution in [0.4, 0.5) is 11.4 Å². The monoisotopic (exact) mass is 390 g/mol. The number of esters is 1. The lowest BCUT2D eigenvalue weighted by Crippen LogP contribution is -2.17. The van der Waals surface area contributed by atoms with Crippen LogP contribution in [0.5, 0.6) is 0 Å². The third-order valence-corrected chi connectivity index (χ3v) is 3.92. The van der Waals surface area contributed by atoms with Gasteiger partial charge < -0.3 is 15.4 Å². The van der Waals surface area contributed by atoms with E-state index in [9.17, 15) is 9.59 Å². The molecule has 0 unspecified atom stereocenters. The molecule has 2 rings (SSSR count). The van der Waals surface area contributed by atoms with E-state index >= 15 is 0 Å². The average molecular weight is 391 g/mol. The van der Waals surface area contributed by atoms with Crippen LogP contribution in [0.3, 0.4) is 0 Å². The molecule has 0 aliphatic heterocycles. The Balaban J connectivity index is 1.85. The number of hydrogen-bond acceptors (Lipinski definition) is 4. The van der Waals surface area contributed by atoms with Crippen LogP contribution >= 0.6 is 15.9 Å². The number of nitrogens with one attached hydrogen (secondary N) is 2. The summed E-state index contributed by atoms with van der Waals surface area (Å²) in [6.45, 7) is 2.41. The molecular formula is C18H19BrN2O3. The van der Waals surface area contributed by atoms with Gasteiger partial charge in [0.2, 0.25) is 5.91 Å². The van der Waals surface area contributed by atoms with Crippen LogP contribution in [0.25, 0.3) is 0 Å². The number of carbonyl (C=O) groups is 2. The van der Waals surface area contributed by atoms with Crippen molar-refractivity contribution in [2.24, 2.45) is 0 Å². The Labute approximate surface area is 149 Å². The summed E-state index contributed by atoms with van der Waals surface area (Å²) < 4.78 is 5.66. The molecular weight excluding hydrogens is 372 g/mol. The first-order valence-corrected chi connectivity index (χ1v) is 8.27. The predicted octanol–water partition coefficient (Wildman–Crippen LogP) is 3.98. The van der Waals surface area contributed by atoms with Crippen molar-refractivity contribution in [1.82, 2.24) is 0 Å². The molecule has 24 heavy (non-hydrogen) atoms. The number of methoxy groups -OCH3 is 1. The number of hydrogen-bond donors (Lipinski definition) is 2. The van der Waals surface area contributed by atoms with Gasteiger partial charge in [0, 0.05) is 28.8 Å². The van der Waals surface area contributed by atoms with E-state index in [1.807, 2.05) is 31.2 Å². The highest BCUT2D eigenvalue weighted by Crippen LogP contribution is 2.20. The van der Waals surface area contributed by atoms with Gasteiger partial charge in [-0.25, -0.2) is 4.79 Å². The zero-order chi connectivity index (χ0) is 17.5. The van der Waals surface area contributed by atoms with E-state index in [0.717, 1.165) is 21.4 Å². The van der Waals surface area contributed by atoms with E-state index in [0.29, 0.717) is 18.5 Å². The maximum Gasteiger partial charge on any atom is 0.337 e. The number of aryl methyl sites for hydroxylation is 1. The minimum Gasteiger partial charge on any atom is -0.465 e. The molecule has 0 heterocycles. The number of anilines is 2. The second-order valence-electron chi connectivity index (χ2n) is 5.26. The van der Waals surface area contributed by atoms with Crippen molar-refractivity contribution in [2.45, 2.75) is 13.3 Å². The second kappa shape index (κ2) is 8.49. The Hall–Kier alpha value is -2.34. The summed E-state index contributed by atoms with van der Waals surface area (Å²) in [4.78, 5) is 23.5. The molecule has 0 radical (unpaired) electrons. The number of amides is 1. The lowest BCUT2D eigenvalue weighted by atomic mass is 10.2. The fraction of sp³-hybridized carbons (Fsp3) is 0.222. The van der Waals surface area contributed by atoms with Gasteiger partial charge in [-0.05, 0) is 48.9 Å². The van der Waals surface area contributed by atoms with Crippen molar-refractivity contribution in [1.29, 1.82) is 0 Å². The van der Waals surface area contributed by atoms with Crippen LogP contribution in [0, 0.1) is 6.92 Å².